The maximum Gasteiger partial charge on any atom is 0.252 e. The smallest absolute Gasteiger partial charge is 0.252 e. The van der Waals surface area contributed by atoms with E-state index in [4.69, 9.17) is 4.42 Å². The highest BCUT2D eigenvalue weighted by atomic mass is 79.9. The molecule has 2 aromatic heterocycles. The summed E-state index contributed by atoms with van der Waals surface area (Å²) in [6.07, 6.45) is 2.49. The number of oxazole rings is 1. The second kappa shape index (κ2) is 5.46. The van der Waals surface area contributed by atoms with E-state index in [-0.39, 0.29) is 5.91 Å². The highest BCUT2D eigenvalue weighted by Crippen LogP contribution is 2.20. The molecule has 0 radical (unpaired) electrons. The number of amides is 1. The molecule has 0 atom stereocenters. The first-order valence-corrected chi connectivity index (χ1v) is 6.82. The van der Waals surface area contributed by atoms with E-state index in [0.29, 0.717) is 18.0 Å². The quantitative estimate of drug-likeness (QED) is 0.943. The summed E-state index contributed by atoms with van der Waals surface area (Å²) in [5.41, 5.74) is 0.643. The number of hydrogen-bond acceptors (Lipinski definition) is 4. The van der Waals surface area contributed by atoms with Gasteiger partial charge in [0, 0.05) is 11.8 Å². The lowest BCUT2D eigenvalue weighted by molar-refractivity contribution is 0.0947. The van der Waals surface area contributed by atoms with Crippen LogP contribution in [-0.2, 0) is 13.0 Å². The average molecular weight is 315 g/mol. The normalized spacial score (nSPS) is 10.5. The van der Waals surface area contributed by atoms with Crippen LogP contribution in [0.3, 0.4) is 0 Å². The number of nitrogens with one attached hydrogen (secondary N) is 1. The van der Waals surface area contributed by atoms with E-state index in [1.807, 2.05) is 6.92 Å². The van der Waals surface area contributed by atoms with Crippen molar-refractivity contribution < 1.29 is 9.21 Å². The molecule has 0 fully saturated rings. The van der Waals surface area contributed by atoms with Crippen LogP contribution in [0.25, 0.3) is 0 Å². The first kappa shape index (κ1) is 12.3. The van der Waals surface area contributed by atoms with Crippen LogP contribution in [0.15, 0.2) is 25.8 Å². The molecule has 17 heavy (non-hydrogen) atoms. The van der Waals surface area contributed by atoms with E-state index >= 15 is 0 Å². The summed E-state index contributed by atoms with van der Waals surface area (Å²) in [6.45, 7) is 2.30. The molecule has 2 rings (SSSR count). The number of nitrogens with zero attached hydrogens (tertiary/aromatic N) is 1. The third-order valence-corrected chi connectivity index (χ3v) is 3.68. The first-order chi connectivity index (χ1) is 8.19. The van der Waals surface area contributed by atoms with E-state index in [1.54, 1.807) is 17.6 Å². The number of halogens is 1. The van der Waals surface area contributed by atoms with Crippen molar-refractivity contribution in [3.63, 3.8) is 0 Å². The number of thiophene rings is 1. The van der Waals surface area contributed by atoms with Gasteiger partial charge in [-0.2, -0.15) is 0 Å². The molecule has 0 aliphatic rings. The van der Waals surface area contributed by atoms with Crippen molar-refractivity contribution in [1.82, 2.24) is 10.3 Å². The lowest BCUT2D eigenvalue weighted by Gasteiger charge is -1.99. The number of aromatic nitrogens is 1. The van der Waals surface area contributed by atoms with Crippen molar-refractivity contribution in [2.24, 2.45) is 0 Å². The summed E-state index contributed by atoms with van der Waals surface area (Å²) < 4.78 is 6.33. The Morgan fingerprint density at radius 2 is 2.47 bits per heavy atom. The largest absolute Gasteiger partial charge is 0.444 e. The molecule has 4 nitrogen and oxygen atoms in total. The Kier molecular flexibility index (Phi) is 3.96. The van der Waals surface area contributed by atoms with Gasteiger partial charge in [0.25, 0.3) is 5.91 Å². The third-order valence-electron chi connectivity index (χ3n) is 2.18. The van der Waals surface area contributed by atoms with Crippen LogP contribution in [0.4, 0.5) is 0 Å². The van der Waals surface area contributed by atoms with E-state index in [9.17, 15) is 4.79 Å². The van der Waals surface area contributed by atoms with Crippen LogP contribution >= 0.6 is 27.3 Å². The fourth-order valence-corrected chi connectivity index (χ4v) is 2.42. The molecule has 90 valence electrons. The molecule has 0 aromatic carbocycles. The third kappa shape index (κ3) is 3.17. The predicted molar refractivity (Wildman–Crippen MR) is 69.1 cm³/mol. The summed E-state index contributed by atoms with van der Waals surface area (Å²) in [4.78, 5) is 15.8. The van der Waals surface area contributed by atoms with Crippen molar-refractivity contribution in [2.45, 2.75) is 19.9 Å². The van der Waals surface area contributed by atoms with Crippen LogP contribution in [0.1, 0.15) is 28.9 Å². The highest BCUT2D eigenvalue weighted by molar-refractivity contribution is 9.11. The molecule has 2 heterocycles. The van der Waals surface area contributed by atoms with Crippen LogP contribution < -0.4 is 5.32 Å². The number of aryl methyl sites for hydroxylation is 1. The molecule has 0 spiro atoms. The Labute approximate surface area is 111 Å². The maximum atomic E-state index is 11.7. The summed E-state index contributed by atoms with van der Waals surface area (Å²) in [7, 11) is 0. The molecule has 0 aliphatic heterocycles. The fourth-order valence-electron chi connectivity index (χ4n) is 1.28. The minimum absolute atomic E-state index is 0.122. The summed E-state index contributed by atoms with van der Waals surface area (Å²) >= 11 is 4.80. The molecule has 1 amide bonds. The average Bonchev–Trinajstić information content (AvgIpc) is 2.94. The fraction of sp³-hybridized carbons (Fsp3) is 0.273. The molecular weight excluding hydrogens is 304 g/mol. The van der Waals surface area contributed by atoms with Gasteiger partial charge in [-0.05, 0) is 22.0 Å². The molecule has 6 heteroatoms. The minimum atomic E-state index is -0.122. The zero-order chi connectivity index (χ0) is 12.3. The van der Waals surface area contributed by atoms with Gasteiger partial charge < -0.3 is 9.73 Å². The maximum absolute atomic E-state index is 11.7. The van der Waals surface area contributed by atoms with Gasteiger partial charge in [0.2, 0.25) is 5.89 Å². The van der Waals surface area contributed by atoms with Crippen molar-refractivity contribution in [3.8, 4) is 0 Å². The molecule has 0 saturated carbocycles. The number of rotatable bonds is 4. The monoisotopic (exact) mass is 314 g/mol. The standard InChI is InChI=1S/C11H11BrN2O2S/c1-2-8-4-13-10(16-8)5-14-11(15)7-3-9(12)17-6-7/h3-4,6H,2,5H2,1H3,(H,14,15). The van der Waals surface area contributed by atoms with Gasteiger partial charge in [0.05, 0.1) is 22.1 Å². The van der Waals surface area contributed by atoms with Crippen molar-refractivity contribution in [1.29, 1.82) is 0 Å². The molecule has 0 aliphatic carbocycles. The topological polar surface area (TPSA) is 55.1 Å². The zero-order valence-electron chi connectivity index (χ0n) is 9.20. The van der Waals surface area contributed by atoms with Crippen LogP contribution in [-0.4, -0.2) is 10.9 Å². The molecule has 0 saturated heterocycles. The van der Waals surface area contributed by atoms with Crippen molar-refractivity contribution in [3.05, 3.63) is 38.6 Å². The first-order valence-electron chi connectivity index (χ1n) is 5.15. The minimum Gasteiger partial charge on any atom is -0.444 e. The van der Waals surface area contributed by atoms with Gasteiger partial charge in [-0.3, -0.25) is 4.79 Å². The Balaban J connectivity index is 1.92. The predicted octanol–water partition coefficient (Wildman–Crippen LogP) is 2.99. The number of carbonyl (C=O) groups excluding carboxylic acids is 1. The van der Waals surface area contributed by atoms with Crippen molar-refractivity contribution in [2.75, 3.05) is 0 Å². The van der Waals surface area contributed by atoms with Gasteiger partial charge in [-0.1, -0.05) is 6.92 Å². The molecule has 0 bridgehead atoms. The van der Waals surface area contributed by atoms with Gasteiger partial charge in [0.1, 0.15) is 5.76 Å². The van der Waals surface area contributed by atoms with E-state index in [0.717, 1.165) is 16.0 Å². The lowest BCUT2D eigenvalue weighted by atomic mass is 10.3. The Morgan fingerprint density at radius 3 is 3.06 bits per heavy atom. The van der Waals surface area contributed by atoms with E-state index < -0.39 is 0 Å². The Bertz CT molecular complexity index is 521. The van der Waals surface area contributed by atoms with E-state index in [1.165, 1.54) is 11.3 Å². The Morgan fingerprint density at radius 1 is 1.65 bits per heavy atom. The number of carbonyl (C=O) groups is 1. The molecule has 1 N–H and O–H groups in total. The van der Waals surface area contributed by atoms with Crippen LogP contribution in [0.2, 0.25) is 0 Å². The van der Waals surface area contributed by atoms with Gasteiger partial charge in [0.15, 0.2) is 0 Å². The summed E-state index contributed by atoms with van der Waals surface area (Å²) in [6, 6.07) is 1.78. The summed E-state index contributed by atoms with van der Waals surface area (Å²) in [5.74, 6) is 1.24. The van der Waals surface area contributed by atoms with Crippen LogP contribution in [0, 0.1) is 0 Å². The molecule has 0 unspecified atom stereocenters. The number of hydrogen-bond donors (Lipinski definition) is 1. The second-order valence-corrected chi connectivity index (χ2v) is 5.69. The summed E-state index contributed by atoms with van der Waals surface area (Å²) in [5, 5.41) is 4.55. The second-order valence-electron chi connectivity index (χ2n) is 3.40. The van der Waals surface area contributed by atoms with Gasteiger partial charge in [-0.15, -0.1) is 11.3 Å². The van der Waals surface area contributed by atoms with Crippen molar-refractivity contribution >= 4 is 33.2 Å². The molecule has 2 aromatic rings. The lowest BCUT2D eigenvalue weighted by Crippen LogP contribution is -2.22. The van der Waals surface area contributed by atoms with Crippen LogP contribution in [0.5, 0.6) is 0 Å². The Hall–Kier alpha value is -1.14. The SMILES string of the molecule is CCc1cnc(CNC(=O)c2csc(Br)c2)o1. The molecular formula is C11H11BrN2O2S. The highest BCUT2D eigenvalue weighted by Gasteiger charge is 2.09. The zero-order valence-corrected chi connectivity index (χ0v) is 11.6. The van der Waals surface area contributed by atoms with Gasteiger partial charge >= 0.3 is 0 Å². The van der Waals surface area contributed by atoms with Gasteiger partial charge in [-0.25, -0.2) is 4.98 Å². The van der Waals surface area contributed by atoms with E-state index in [2.05, 4.69) is 26.2 Å².